The molecular formula is C8H12N4O. The van der Waals surface area contributed by atoms with Gasteiger partial charge in [-0.2, -0.15) is 0 Å². The Bertz CT molecular complexity index is 316. The van der Waals surface area contributed by atoms with E-state index in [1.165, 1.54) is 26.2 Å². The van der Waals surface area contributed by atoms with Gasteiger partial charge in [-0.25, -0.2) is 4.68 Å². The fourth-order valence-corrected chi connectivity index (χ4v) is 1.50. The van der Waals surface area contributed by atoms with Crippen LogP contribution in [-0.2, 0) is 6.54 Å². The monoisotopic (exact) mass is 180 g/mol. The molecule has 1 aromatic rings. The summed E-state index contributed by atoms with van der Waals surface area (Å²) in [6.07, 6.45) is 3.76. The molecule has 70 valence electrons. The zero-order valence-corrected chi connectivity index (χ0v) is 7.60. The molecule has 1 aliphatic rings. The molecule has 13 heavy (non-hydrogen) atoms. The lowest BCUT2D eigenvalue weighted by atomic mass is 9.85. The van der Waals surface area contributed by atoms with Crippen LogP contribution in [0.5, 0.6) is 0 Å². The Kier molecular flexibility index (Phi) is 2.08. The molecule has 1 fully saturated rings. The fraction of sp³-hybridized carbons (Fsp3) is 0.750. The highest BCUT2D eigenvalue weighted by molar-refractivity contribution is 5.90. The Morgan fingerprint density at radius 1 is 1.62 bits per heavy atom. The molecular weight excluding hydrogens is 168 g/mol. The van der Waals surface area contributed by atoms with Gasteiger partial charge < -0.3 is 0 Å². The lowest BCUT2D eigenvalue weighted by Crippen LogP contribution is -2.21. The van der Waals surface area contributed by atoms with Gasteiger partial charge in [0.15, 0.2) is 5.78 Å². The molecule has 0 N–H and O–H groups in total. The van der Waals surface area contributed by atoms with E-state index in [4.69, 9.17) is 0 Å². The Hall–Kier alpha value is -1.26. The normalized spacial score (nSPS) is 17.0. The number of rotatable bonds is 3. The van der Waals surface area contributed by atoms with Crippen LogP contribution in [0, 0.1) is 5.92 Å². The van der Waals surface area contributed by atoms with E-state index in [0.29, 0.717) is 11.7 Å². The van der Waals surface area contributed by atoms with Crippen LogP contribution in [0.25, 0.3) is 0 Å². The minimum Gasteiger partial charge on any atom is -0.291 e. The van der Waals surface area contributed by atoms with E-state index in [1.54, 1.807) is 4.68 Å². The van der Waals surface area contributed by atoms with Gasteiger partial charge in [0.25, 0.3) is 0 Å². The van der Waals surface area contributed by atoms with Crippen molar-refractivity contribution in [2.24, 2.45) is 5.92 Å². The van der Waals surface area contributed by atoms with Gasteiger partial charge in [0.1, 0.15) is 0 Å². The summed E-state index contributed by atoms with van der Waals surface area (Å²) in [6.45, 7) is 2.28. The quantitative estimate of drug-likeness (QED) is 0.641. The van der Waals surface area contributed by atoms with Crippen LogP contribution in [0.1, 0.15) is 36.8 Å². The third-order valence-corrected chi connectivity index (χ3v) is 2.50. The number of hydrogen-bond acceptors (Lipinski definition) is 4. The van der Waals surface area contributed by atoms with E-state index in [2.05, 4.69) is 15.5 Å². The van der Waals surface area contributed by atoms with E-state index in [-0.39, 0.29) is 5.78 Å². The molecule has 0 aromatic carbocycles. The second kappa shape index (κ2) is 3.24. The highest BCUT2D eigenvalue weighted by atomic mass is 16.1. The van der Waals surface area contributed by atoms with Crippen LogP contribution in [0.4, 0.5) is 0 Å². The average molecular weight is 180 g/mol. The Morgan fingerprint density at radius 2 is 2.38 bits per heavy atom. The maximum atomic E-state index is 11.1. The van der Waals surface area contributed by atoms with E-state index in [1.807, 2.05) is 0 Å². The maximum absolute atomic E-state index is 11.1. The standard InChI is InChI=1S/C8H12N4O/c1-6(13)8-9-10-11-12(8)5-7-3-2-4-7/h7H,2-5H2,1H3. The predicted octanol–water partition coefficient (Wildman–Crippen LogP) is 0.676. The van der Waals surface area contributed by atoms with Crippen LogP contribution < -0.4 is 0 Å². The van der Waals surface area contributed by atoms with Crippen molar-refractivity contribution in [2.75, 3.05) is 0 Å². The zero-order chi connectivity index (χ0) is 9.26. The predicted molar refractivity (Wildman–Crippen MR) is 45.2 cm³/mol. The van der Waals surface area contributed by atoms with Crippen molar-refractivity contribution < 1.29 is 4.79 Å². The third-order valence-electron chi connectivity index (χ3n) is 2.50. The topological polar surface area (TPSA) is 60.7 Å². The number of aromatic nitrogens is 4. The summed E-state index contributed by atoms with van der Waals surface area (Å²) < 4.78 is 1.62. The summed E-state index contributed by atoms with van der Waals surface area (Å²) in [5, 5.41) is 11.0. The number of ketones is 1. The van der Waals surface area contributed by atoms with E-state index in [9.17, 15) is 4.79 Å². The summed E-state index contributed by atoms with van der Waals surface area (Å²) in [4.78, 5) is 11.1. The lowest BCUT2D eigenvalue weighted by molar-refractivity contribution is 0.0994. The number of carbonyl (C=O) groups is 1. The van der Waals surface area contributed by atoms with Crippen LogP contribution in [-0.4, -0.2) is 26.0 Å². The molecule has 1 saturated carbocycles. The number of tetrazole rings is 1. The molecule has 5 nitrogen and oxygen atoms in total. The van der Waals surface area contributed by atoms with E-state index in [0.717, 1.165) is 6.54 Å². The van der Waals surface area contributed by atoms with Gasteiger partial charge in [-0.05, 0) is 29.2 Å². The fourth-order valence-electron chi connectivity index (χ4n) is 1.50. The summed E-state index contributed by atoms with van der Waals surface area (Å²) in [5.41, 5.74) is 0. The number of Topliss-reactive ketones (excluding diaryl/α,β-unsaturated/α-hetero) is 1. The molecule has 0 bridgehead atoms. The van der Waals surface area contributed by atoms with Crippen LogP contribution in [0.15, 0.2) is 0 Å². The summed E-state index contributed by atoms with van der Waals surface area (Å²) >= 11 is 0. The van der Waals surface area contributed by atoms with Crippen molar-refractivity contribution in [3.8, 4) is 0 Å². The molecule has 2 rings (SSSR count). The first-order chi connectivity index (χ1) is 6.27. The Labute approximate surface area is 76.1 Å². The van der Waals surface area contributed by atoms with Gasteiger partial charge in [-0.15, -0.1) is 5.10 Å². The van der Waals surface area contributed by atoms with Crippen molar-refractivity contribution in [2.45, 2.75) is 32.7 Å². The number of nitrogens with zero attached hydrogens (tertiary/aromatic N) is 4. The molecule has 1 aromatic heterocycles. The van der Waals surface area contributed by atoms with Gasteiger partial charge in [-0.1, -0.05) is 6.42 Å². The Balaban J connectivity index is 2.09. The molecule has 1 aliphatic carbocycles. The smallest absolute Gasteiger partial charge is 0.217 e. The molecule has 1 heterocycles. The first-order valence-electron chi connectivity index (χ1n) is 4.54. The number of hydrogen-bond donors (Lipinski definition) is 0. The first-order valence-corrected chi connectivity index (χ1v) is 4.54. The number of carbonyl (C=O) groups excluding carboxylic acids is 1. The molecule has 0 atom stereocenters. The van der Waals surface area contributed by atoms with E-state index >= 15 is 0 Å². The van der Waals surface area contributed by atoms with Crippen molar-refractivity contribution in [1.29, 1.82) is 0 Å². The van der Waals surface area contributed by atoms with Gasteiger partial charge in [-0.3, -0.25) is 4.79 Å². The summed E-state index contributed by atoms with van der Waals surface area (Å²) in [6, 6.07) is 0. The van der Waals surface area contributed by atoms with Crippen molar-refractivity contribution in [1.82, 2.24) is 20.2 Å². The minimum absolute atomic E-state index is 0.0654. The SMILES string of the molecule is CC(=O)c1nnnn1CC1CCC1. The maximum Gasteiger partial charge on any atom is 0.217 e. The molecule has 0 aliphatic heterocycles. The van der Waals surface area contributed by atoms with Crippen molar-refractivity contribution in [3.63, 3.8) is 0 Å². The van der Waals surface area contributed by atoms with Crippen molar-refractivity contribution >= 4 is 5.78 Å². The Morgan fingerprint density at radius 3 is 2.92 bits per heavy atom. The van der Waals surface area contributed by atoms with E-state index < -0.39 is 0 Å². The highest BCUT2D eigenvalue weighted by Gasteiger charge is 2.21. The second-order valence-electron chi connectivity index (χ2n) is 3.54. The first kappa shape index (κ1) is 8.34. The third kappa shape index (κ3) is 1.59. The van der Waals surface area contributed by atoms with Gasteiger partial charge in [0.2, 0.25) is 5.82 Å². The van der Waals surface area contributed by atoms with Gasteiger partial charge in [0, 0.05) is 13.5 Å². The summed E-state index contributed by atoms with van der Waals surface area (Å²) in [7, 11) is 0. The molecule has 0 saturated heterocycles. The highest BCUT2D eigenvalue weighted by Crippen LogP contribution is 2.27. The van der Waals surface area contributed by atoms with Crippen LogP contribution in [0.3, 0.4) is 0 Å². The molecule has 5 heteroatoms. The largest absolute Gasteiger partial charge is 0.291 e. The molecule has 0 spiro atoms. The minimum atomic E-state index is -0.0654. The molecule has 0 amide bonds. The summed E-state index contributed by atoms with van der Waals surface area (Å²) in [5.74, 6) is 0.984. The molecule has 0 radical (unpaired) electrons. The van der Waals surface area contributed by atoms with Crippen LogP contribution >= 0.6 is 0 Å². The second-order valence-corrected chi connectivity index (χ2v) is 3.54. The lowest BCUT2D eigenvalue weighted by Gasteiger charge is -2.24. The molecule has 0 unspecified atom stereocenters. The average Bonchev–Trinajstić information content (AvgIpc) is 2.44. The van der Waals surface area contributed by atoms with Gasteiger partial charge in [0.05, 0.1) is 0 Å². The van der Waals surface area contributed by atoms with Crippen molar-refractivity contribution in [3.05, 3.63) is 5.82 Å². The zero-order valence-electron chi connectivity index (χ0n) is 7.60. The van der Waals surface area contributed by atoms with Gasteiger partial charge >= 0.3 is 0 Å². The van der Waals surface area contributed by atoms with Crippen LogP contribution in [0.2, 0.25) is 0 Å².